The van der Waals surface area contributed by atoms with E-state index < -0.39 is 10.8 Å². The van der Waals surface area contributed by atoms with E-state index in [0.29, 0.717) is 22.7 Å². The smallest absolute Gasteiger partial charge is 0.270 e. The molecule has 0 unspecified atom stereocenters. The van der Waals surface area contributed by atoms with E-state index in [1.54, 1.807) is 55.6 Å². The van der Waals surface area contributed by atoms with Crippen molar-refractivity contribution in [3.8, 4) is 5.75 Å². The van der Waals surface area contributed by atoms with Gasteiger partial charge in [-0.15, -0.1) is 0 Å². The lowest BCUT2D eigenvalue weighted by molar-refractivity contribution is -0.384. The Balaban J connectivity index is 1.65. The fraction of sp³-hybridized carbons (Fsp3) is 0.0476. The maximum absolute atomic E-state index is 12.4. The second-order valence-electron chi connectivity index (χ2n) is 6.14. The topological polar surface area (TPSA) is 111 Å². The number of ether oxygens (including phenoxy) is 1. The fourth-order valence-electron chi connectivity index (χ4n) is 2.58. The summed E-state index contributed by atoms with van der Waals surface area (Å²) in [5.41, 5.74) is 1.35. The molecule has 0 spiro atoms. The van der Waals surface area contributed by atoms with E-state index in [1.807, 2.05) is 0 Å². The van der Waals surface area contributed by atoms with Crippen molar-refractivity contribution in [3.63, 3.8) is 0 Å². The third kappa shape index (κ3) is 4.92. The van der Waals surface area contributed by atoms with E-state index in [4.69, 9.17) is 16.3 Å². The number of carbonyl (C=O) groups is 2. The van der Waals surface area contributed by atoms with Crippen LogP contribution < -0.4 is 15.4 Å². The predicted octanol–water partition coefficient (Wildman–Crippen LogP) is 4.76. The Bertz CT molecular complexity index is 1100. The third-order valence-electron chi connectivity index (χ3n) is 4.16. The summed E-state index contributed by atoms with van der Waals surface area (Å²) in [6.45, 7) is 0. The summed E-state index contributed by atoms with van der Waals surface area (Å²) in [6, 6.07) is 16.8. The van der Waals surface area contributed by atoms with E-state index in [-0.39, 0.29) is 22.2 Å². The Morgan fingerprint density at radius 1 is 0.900 bits per heavy atom. The molecule has 0 atom stereocenters. The van der Waals surface area contributed by atoms with Crippen LogP contribution in [0.2, 0.25) is 5.02 Å². The minimum atomic E-state index is -0.594. The Kier molecular flexibility index (Phi) is 6.29. The molecule has 3 aromatic rings. The average Bonchev–Trinajstić information content (AvgIpc) is 2.74. The minimum Gasteiger partial charge on any atom is -0.497 e. The third-order valence-corrected chi connectivity index (χ3v) is 4.47. The van der Waals surface area contributed by atoms with E-state index >= 15 is 0 Å². The van der Waals surface area contributed by atoms with Gasteiger partial charge in [-0.3, -0.25) is 19.7 Å². The molecule has 0 aromatic heterocycles. The van der Waals surface area contributed by atoms with Crippen molar-refractivity contribution >= 4 is 40.5 Å². The standard InChI is InChI=1S/C21H16ClN3O5/c1-30-17-9-6-15(7-10-17)23-20(26)13-2-4-14(5-3-13)24-21(27)18-11-8-16(25(28)29)12-19(18)22/h2-12H,1H3,(H,23,26)(H,24,27). The maximum atomic E-state index is 12.4. The highest BCUT2D eigenvalue weighted by atomic mass is 35.5. The largest absolute Gasteiger partial charge is 0.497 e. The van der Waals surface area contributed by atoms with Crippen LogP contribution in [-0.2, 0) is 0 Å². The van der Waals surface area contributed by atoms with Gasteiger partial charge in [0.15, 0.2) is 0 Å². The summed E-state index contributed by atoms with van der Waals surface area (Å²) in [7, 11) is 1.56. The molecule has 3 rings (SSSR count). The van der Waals surface area contributed by atoms with Crippen LogP contribution in [0.25, 0.3) is 0 Å². The van der Waals surface area contributed by atoms with Gasteiger partial charge in [0.1, 0.15) is 5.75 Å². The van der Waals surface area contributed by atoms with Crippen molar-refractivity contribution in [1.29, 1.82) is 0 Å². The number of non-ortho nitro benzene ring substituents is 1. The number of amides is 2. The van der Waals surface area contributed by atoms with Gasteiger partial charge in [0, 0.05) is 29.1 Å². The predicted molar refractivity (Wildman–Crippen MR) is 113 cm³/mol. The summed E-state index contributed by atoms with van der Waals surface area (Å²) in [6.07, 6.45) is 0. The molecule has 2 N–H and O–H groups in total. The highest BCUT2D eigenvalue weighted by Crippen LogP contribution is 2.23. The molecule has 3 aromatic carbocycles. The van der Waals surface area contributed by atoms with Crippen LogP contribution in [0.4, 0.5) is 17.1 Å². The average molecular weight is 426 g/mol. The number of nitro groups is 1. The Hall–Kier alpha value is -3.91. The Morgan fingerprint density at radius 2 is 1.47 bits per heavy atom. The van der Waals surface area contributed by atoms with Crippen molar-refractivity contribution in [2.75, 3.05) is 17.7 Å². The van der Waals surface area contributed by atoms with Gasteiger partial charge in [-0.05, 0) is 54.6 Å². The molecule has 0 radical (unpaired) electrons. The molecule has 8 nitrogen and oxygen atoms in total. The molecule has 30 heavy (non-hydrogen) atoms. The second kappa shape index (κ2) is 9.06. The van der Waals surface area contributed by atoms with Crippen LogP contribution in [0.3, 0.4) is 0 Å². The molecule has 0 saturated heterocycles. The fourth-order valence-corrected chi connectivity index (χ4v) is 2.84. The van der Waals surface area contributed by atoms with E-state index in [1.165, 1.54) is 12.1 Å². The molecule has 0 aliphatic carbocycles. The first-order valence-corrected chi connectivity index (χ1v) is 9.06. The molecule has 0 bridgehead atoms. The van der Waals surface area contributed by atoms with Crippen LogP contribution >= 0.6 is 11.6 Å². The summed E-state index contributed by atoms with van der Waals surface area (Å²) in [5, 5.41) is 16.1. The first-order valence-electron chi connectivity index (χ1n) is 8.68. The number of carbonyl (C=O) groups excluding carboxylic acids is 2. The summed E-state index contributed by atoms with van der Waals surface area (Å²) in [5.74, 6) is -0.150. The number of nitro benzene ring substituents is 1. The van der Waals surface area contributed by atoms with E-state index in [0.717, 1.165) is 6.07 Å². The molecule has 0 heterocycles. The van der Waals surface area contributed by atoms with Crippen LogP contribution in [0, 0.1) is 10.1 Å². The van der Waals surface area contributed by atoms with Gasteiger partial charge in [0.25, 0.3) is 17.5 Å². The Morgan fingerprint density at radius 3 is 2.00 bits per heavy atom. The van der Waals surface area contributed by atoms with Gasteiger partial charge in [0.05, 0.1) is 22.6 Å². The van der Waals surface area contributed by atoms with Crippen LogP contribution in [0.15, 0.2) is 66.7 Å². The molecule has 152 valence electrons. The summed E-state index contributed by atoms with van der Waals surface area (Å²) >= 11 is 5.97. The molecule has 0 aliphatic heterocycles. The van der Waals surface area contributed by atoms with Crippen molar-refractivity contribution in [2.24, 2.45) is 0 Å². The number of halogens is 1. The zero-order chi connectivity index (χ0) is 21.7. The van der Waals surface area contributed by atoms with Gasteiger partial charge < -0.3 is 15.4 Å². The lowest BCUT2D eigenvalue weighted by Crippen LogP contribution is -2.14. The number of rotatable bonds is 6. The van der Waals surface area contributed by atoms with E-state index in [9.17, 15) is 19.7 Å². The molecule has 0 aliphatic rings. The minimum absolute atomic E-state index is 0.0304. The number of nitrogens with one attached hydrogen (secondary N) is 2. The van der Waals surface area contributed by atoms with Gasteiger partial charge in [-0.1, -0.05) is 11.6 Å². The number of nitrogens with zero attached hydrogens (tertiary/aromatic N) is 1. The number of hydrogen-bond acceptors (Lipinski definition) is 5. The first kappa shape index (κ1) is 20.8. The van der Waals surface area contributed by atoms with Crippen molar-refractivity contribution < 1.29 is 19.2 Å². The molecular formula is C21H16ClN3O5. The maximum Gasteiger partial charge on any atom is 0.270 e. The van der Waals surface area contributed by atoms with Gasteiger partial charge in [-0.2, -0.15) is 0 Å². The molecule has 9 heteroatoms. The van der Waals surface area contributed by atoms with Gasteiger partial charge >= 0.3 is 0 Å². The quantitative estimate of drug-likeness (QED) is 0.437. The number of methoxy groups -OCH3 is 1. The summed E-state index contributed by atoms with van der Waals surface area (Å²) in [4.78, 5) is 34.9. The van der Waals surface area contributed by atoms with Crippen molar-refractivity contribution in [1.82, 2.24) is 0 Å². The SMILES string of the molecule is COc1ccc(NC(=O)c2ccc(NC(=O)c3ccc([N+](=O)[O-])cc3Cl)cc2)cc1. The van der Waals surface area contributed by atoms with Gasteiger partial charge in [0.2, 0.25) is 0 Å². The first-order chi connectivity index (χ1) is 14.4. The van der Waals surface area contributed by atoms with Crippen LogP contribution in [0.5, 0.6) is 5.75 Å². The van der Waals surface area contributed by atoms with Crippen LogP contribution in [-0.4, -0.2) is 23.8 Å². The highest BCUT2D eigenvalue weighted by Gasteiger charge is 2.15. The second-order valence-corrected chi connectivity index (χ2v) is 6.54. The monoisotopic (exact) mass is 425 g/mol. The molecule has 2 amide bonds. The van der Waals surface area contributed by atoms with Gasteiger partial charge in [-0.25, -0.2) is 0 Å². The lowest BCUT2D eigenvalue weighted by atomic mass is 10.1. The number of hydrogen-bond donors (Lipinski definition) is 2. The number of anilines is 2. The van der Waals surface area contributed by atoms with E-state index in [2.05, 4.69) is 10.6 Å². The van der Waals surface area contributed by atoms with Crippen LogP contribution in [0.1, 0.15) is 20.7 Å². The number of benzene rings is 3. The van der Waals surface area contributed by atoms with Crippen molar-refractivity contribution in [3.05, 3.63) is 93.0 Å². The molecule has 0 fully saturated rings. The van der Waals surface area contributed by atoms with Crippen molar-refractivity contribution in [2.45, 2.75) is 0 Å². The Labute approximate surface area is 176 Å². The highest BCUT2D eigenvalue weighted by molar-refractivity contribution is 6.34. The molecular weight excluding hydrogens is 410 g/mol. The lowest BCUT2D eigenvalue weighted by Gasteiger charge is -2.09. The molecule has 0 saturated carbocycles. The zero-order valence-electron chi connectivity index (χ0n) is 15.7. The summed E-state index contributed by atoms with van der Waals surface area (Å²) < 4.78 is 5.07. The zero-order valence-corrected chi connectivity index (χ0v) is 16.5. The normalized spacial score (nSPS) is 10.2.